The lowest BCUT2D eigenvalue weighted by Crippen LogP contribution is -2.25. The molecule has 0 spiro atoms. The number of rotatable bonds is 4. The van der Waals surface area contributed by atoms with Gasteiger partial charge in [0.1, 0.15) is 0 Å². The molecule has 2 aromatic carbocycles. The number of fused-ring (bicyclic) bond motifs is 3. The number of carbonyl (C=O) groups is 1. The summed E-state index contributed by atoms with van der Waals surface area (Å²) in [5.74, 6) is 0.538. The summed E-state index contributed by atoms with van der Waals surface area (Å²) < 4.78 is 6.57. The molecule has 0 fully saturated rings. The normalized spacial score (nSPS) is 11.0. The molecule has 0 aliphatic carbocycles. The number of hydrogen-bond acceptors (Lipinski definition) is 5. The van der Waals surface area contributed by atoms with Gasteiger partial charge in [0.15, 0.2) is 11.5 Å². The highest BCUT2D eigenvalue weighted by molar-refractivity contribution is 6.01. The summed E-state index contributed by atoms with van der Waals surface area (Å²) >= 11 is 0. The van der Waals surface area contributed by atoms with Crippen LogP contribution >= 0.6 is 0 Å². The first kappa shape index (κ1) is 16.0. The second-order valence-corrected chi connectivity index (χ2v) is 5.69. The fourth-order valence-corrected chi connectivity index (χ4v) is 2.88. The molecule has 0 radical (unpaired) electrons. The Kier molecular flexibility index (Phi) is 4.18. The Hall–Kier alpha value is -3.48. The summed E-state index contributed by atoms with van der Waals surface area (Å²) in [6, 6.07) is 17.9. The molecule has 26 heavy (non-hydrogen) atoms. The molecule has 0 saturated carbocycles. The Balaban J connectivity index is 1.85. The molecule has 0 bridgehead atoms. The van der Waals surface area contributed by atoms with Crippen molar-refractivity contribution in [2.24, 2.45) is 0 Å². The minimum absolute atomic E-state index is 0.180. The number of amides is 1. The van der Waals surface area contributed by atoms with Gasteiger partial charge in [-0.3, -0.25) is 0 Å². The van der Waals surface area contributed by atoms with Crippen LogP contribution in [0.5, 0.6) is 0 Å². The minimum Gasteiger partial charge on any atom is -0.450 e. The second-order valence-electron chi connectivity index (χ2n) is 5.69. The summed E-state index contributed by atoms with van der Waals surface area (Å²) in [5.41, 5.74) is 2.50. The van der Waals surface area contributed by atoms with Gasteiger partial charge in [0.25, 0.3) is 0 Å². The number of alkyl carbamates (subject to hydrolysis) is 1. The lowest BCUT2D eigenvalue weighted by molar-refractivity contribution is 0.151. The molecule has 7 heteroatoms. The van der Waals surface area contributed by atoms with Gasteiger partial charge < -0.3 is 10.1 Å². The van der Waals surface area contributed by atoms with Crippen LogP contribution in [0.25, 0.3) is 27.7 Å². The van der Waals surface area contributed by atoms with Crippen LogP contribution in [0, 0.1) is 0 Å². The van der Waals surface area contributed by atoms with Crippen LogP contribution in [0.4, 0.5) is 4.79 Å². The maximum Gasteiger partial charge on any atom is 0.407 e. The second kappa shape index (κ2) is 6.79. The van der Waals surface area contributed by atoms with Crippen LogP contribution in [0.15, 0.2) is 54.6 Å². The van der Waals surface area contributed by atoms with Crippen LogP contribution in [-0.4, -0.2) is 32.5 Å². The van der Waals surface area contributed by atoms with Crippen molar-refractivity contribution in [3.8, 4) is 11.3 Å². The molecule has 0 aliphatic heterocycles. The number of ether oxygens (including phenoxy) is 1. The molecule has 1 amide bonds. The van der Waals surface area contributed by atoms with Gasteiger partial charge in [-0.05, 0) is 6.92 Å². The fourth-order valence-electron chi connectivity index (χ4n) is 2.88. The van der Waals surface area contributed by atoms with Crippen molar-refractivity contribution in [2.45, 2.75) is 13.5 Å². The Morgan fingerprint density at radius 1 is 1.04 bits per heavy atom. The predicted molar refractivity (Wildman–Crippen MR) is 97.6 cm³/mol. The number of benzene rings is 2. The first-order valence-electron chi connectivity index (χ1n) is 8.37. The topological polar surface area (TPSA) is 81.4 Å². The summed E-state index contributed by atoms with van der Waals surface area (Å²) in [5, 5.41) is 17.8. The summed E-state index contributed by atoms with van der Waals surface area (Å²) in [6.45, 7) is 2.25. The van der Waals surface area contributed by atoms with Crippen LogP contribution in [0.2, 0.25) is 0 Å². The lowest BCUT2D eigenvalue weighted by Gasteiger charge is -2.09. The van der Waals surface area contributed by atoms with E-state index in [1.807, 2.05) is 54.6 Å². The van der Waals surface area contributed by atoms with Crippen molar-refractivity contribution in [1.82, 2.24) is 25.1 Å². The molecule has 4 rings (SSSR count). The van der Waals surface area contributed by atoms with E-state index in [-0.39, 0.29) is 6.54 Å². The van der Waals surface area contributed by atoms with Crippen molar-refractivity contribution in [1.29, 1.82) is 0 Å². The Labute approximate surface area is 149 Å². The molecule has 0 aliphatic rings. The number of hydrogen-bond donors (Lipinski definition) is 1. The first-order valence-corrected chi connectivity index (χ1v) is 8.37. The highest BCUT2D eigenvalue weighted by Gasteiger charge is 2.15. The Morgan fingerprint density at radius 2 is 1.77 bits per heavy atom. The maximum absolute atomic E-state index is 11.6. The average molecular weight is 347 g/mol. The largest absolute Gasteiger partial charge is 0.450 e. The molecule has 4 aromatic rings. The van der Waals surface area contributed by atoms with E-state index in [4.69, 9.17) is 9.84 Å². The SMILES string of the molecule is CCOC(=O)NCc1nnc2c3ccccc3c(-c3ccccc3)nn12. The van der Waals surface area contributed by atoms with Crippen molar-refractivity contribution in [3.05, 3.63) is 60.4 Å². The number of nitrogens with one attached hydrogen (secondary N) is 1. The van der Waals surface area contributed by atoms with E-state index in [1.54, 1.807) is 11.4 Å². The van der Waals surface area contributed by atoms with Crippen molar-refractivity contribution in [3.63, 3.8) is 0 Å². The molecular weight excluding hydrogens is 330 g/mol. The molecule has 0 saturated heterocycles. The smallest absolute Gasteiger partial charge is 0.407 e. The van der Waals surface area contributed by atoms with Gasteiger partial charge in [-0.25, -0.2) is 4.79 Å². The highest BCUT2D eigenvalue weighted by atomic mass is 16.5. The van der Waals surface area contributed by atoms with E-state index in [2.05, 4.69) is 15.5 Å². The highest BCUT2D eigenvalue weighted by Crippen LogP contribution is 2.28. The predicted octanol–water partition coefficient (Wildman–Crippen LogP) is 3.19. The minimum atomic E-state index is -0.492. The average Bonchev–Trinajstić information content (AvgIpc) is 3.10. The third-order valence-electron chi connectivity index (χ3n) is 4.04. The standard InChI is InChI=1S/C19H17N5O2/c1-2-26-19(25)20-12-16-21-22-18-15-11-7-6-10-14(15)17(23-24(16)18)13-8-4-3-5-9-13/h3-11H,2,12H2,1H3,(H,20,25). The van der Waals surface area contributed by atoms with E-state index in [0.717, 1.165) is 22.0 Å². The van der Waals surface area contributed by atoms with Gasteiger partial charge in [0.2, 0.25) is 0 Å². The van der Waals surface area contributed by atoms with E-state index in [9.17, 15) is 4.79 Å². The summed E-state index contributed by atoms with van der Waals surface area (Å²) in [7, 11) is 0. The van der Waals surface area contributed by atoms with Crippen LogP contribution in [-0.2, 0) is 11.3 Å². The first-order chi connectivity index (χ1) is 12.8. The molecule has 2 aromatic heterocycles. The Morgan fingerprint density at radius 3 is 2.54 bits per heavy atom. The van der Waals surface area contributed by atoms with E-state index < -0.39 is 6.09 Å². The maximum atomic E-state index is 11.6. The quantitative estimate of drug-likeness (QED) is 0.613. The molecule has 130 valence electrons. The van der Waals surface area contributed by atoms with Crippen LogP contribution in [0.3, 0.4) is 0 Å². The van der Waals surface area contributed by atoms with Crippen molar-refractivity contribution < 1.29 is 9.53 Å². The molecule has 7 nitrogen and oxygen atoms in total. The lowest BCUT2D eigenvalue weighted by atomic mass is 10.1. The number of aromatic nitrogens is 4. The number of carbonyl (C=O) groups excluding carboxylic acids is 1. The van der Waals surface area contributed by atoms with Gasteiger partial charge in [0, 0.05) is 16.3 Å². The molecule has 0 atom stereocenters. The van der Waals surface area contributed by atoms with Gasteiger partial charge in [-0.1, -0.05) is 54.6 Å². The Bertz CT molecular complexity index is 1080. The summed E-state index contributed by atoms with van der Waals surface area (Å²) in [6.07, 6.45) is -0.492. The van der Waals surface area contributed by atoms with Gasteiger partial charge in [0.05, 0.1) is 18.8 Å². The van der Waals surface area contributed by atoms with Gasteiger partial charge in [-0.15, -0.1) is 10.2 Å². The zero-order valence-electron chi connectivity index (χ0n) is 14.2. The van der Waals surface area contributed by atoms with Crippen molar-refractivity contribution in [2.75, 3.05) is 6.61 Å². The van der Waals surface area contributed by atoms with Crippen molar-refractivity contribution >= 4 is 22.5 Å². The van der Waals surface area contributed by atoms with Crippen LogP contribution in [0.1, 0.15) is 12.7 Å². The van der Waals surface area contributed by atoms with Gasteiger partial charge in [-0.2, -0.15) is 9.61 Å². The van der Waals surface area contributed by atoms with E-state index >= 15 is 0 Å². The fraction of sp³-hybridized carbons (Fsp3) is 0.158. The molecule has 0 unspecified atom stereocenters. The molecule has 1 N–H and O–H groups in total. The monoisotopic (exact) mass is 347 g/mol. The van der Waals surface area contributed by atoms with Crippen LogP contribution < -0.4 is 5.32 Å². The zero-order chi connectivity index (χ0) is 17.9. The number of nitrogens with zero attached hydrogens (tertiary/aromatic N) is 4. The molecular formula is C19H17N5O2. The van der Waals surface area contributed by atoms with Gasteiger partial charge >= 0.3 is 6.09 Å². The van der Waals surface area contributed by atoms with E-state index in [1.165, 1.54) is 0 Å². The van der Waals surface area contributed by atoms with E-state index in [0.29, 0.717) is 18.1 Å². The third-order valence-corrected chi connectivity index (χ3v) is 4.04. The zero-order valence-corrected chi connectivity index (χ0v) is 14.2. The summed E-state index contributed by atoms with van der Waals surface area (Å²) in [4.78, 5) is 11.6. The third kappa shape index (κ3) is 2.83. The molecule has 2 heterocycles.